The number of nitrogens with one attached hydrogen (secondary N) is 1. The third kappa shape index (κ3) is 8.00. The number of carboxylic acid groups (broad SMARTS) is 2. The first-order chi connectivity index (χ1) is 22.8. The van der Waals surface area contributed by atoms with Gasteiger partial charge in [0.15, 0.2) is 0 Å². The highest BCUT2D eigenvalue weighted by Gasteiger charge is 2.49. The topological polar surface area (TPSA) is 169 Å². The zero-order chi connectivity index (χ0) is 35.2. The van der Waals surface area contributed by atoms with Crippen molar-refractivity contribution in [3.05, 3.63) is 100 Å². The normalized spacial score (nSPS) is 19.0. The third-order valence-electron chi connectivity index (χ3n) is 8.83. The van der Waals surface area contributed by atoms with Crippen molar-refractivity contribution < 1.29 is 48.4 Å². The first kappa shape index (κ1) is 35.6. The maximum absolute atomic E-state index is 12.2. The van der Waals surface area contributed by atoms with Crippen LogP contribution in [-0.2, 0) is 30.9 Å². The minimum Gasteiger partial charge on any atom is -0.478 e. The maximum Gasteiger partial charge on any atom is 0.412 e. The number of benzene rings is 3. The van der Waals surface area contributed by atoms with Gasteiger partial charge >= 0.3 is 30.0 Å². The van der Waals surface area contributed by atoms with Gasteiger partial charge in [-0.25, -0.2) is 24.0 Å². The summed E-state index contributed by atoms with van der Waals surface area (Å²) >= 11 is 0. The van der Waals surface area contributed by atoms with Crippen LogP contribution in [0.3, 0.4) is 0 Å². The number of hydrogen-bond donors (Lipinski definition) is 3. The molecule has 0 unspecified atom stereocenters. The molecule has 1 fully saturated rings. The van der Waals surface area contributed by atoms with Gasteiger partial charge < -0.3 is 29.7 Å². The van der Waals surface area contributed by atoms with E-state index in [1.54, 1.807) is 45.2 Å². The summed E-state index contributed by atoms with van der Waals surface area (Å²) in [5.41, 5.74) is 4.76. The molecule has 0 aromatic heterocycles. The number of ether oxygens (including phenoxy) is 3. The first-order valence-electron chi connectivity index (χ1n) is 15.5. The molecule has 12 heteroatoms. The van der Waals surface area contributed by atoms with Gasteiger partial charge in [-0.05, 0) is 87.3 Å². The average molecular weight is 661 g/mol. The summed E-state index contributed by atoms with van der Waals surface area (Å²) in [5, 5.41) is 21.1. The van der Waals surface area contributed by atoms with Gasteiger partial charge in [-0.2, -0.15) is 0 Å². The number of carboxylic acids is 2. The molecule has 0 bridgehead atoms. The van der Waals surface area contributed by atoms with Gasteiger partial charge in [-0.3, -0.25) is 4.90 Å². The Morgan fingerprint density at radius 1 is 0.854 bits per heavy atom. The lowest BCUT2D eigenvalue weighted by Crippen LogP contribution is -2.45. The van der Waals surface area contributed by atoms with Crippen LogP contribution in [0.2, 0.25) is 0 Å². The van der Waals surface area contributed by atoms with E-state index >= 15 is 0 Å². The van der Waals surface area contributed by atoms with Crippen molar-refractivity contribution in [1.29, 1.82) is 0 Å². The summed E-state index contributed by atoms with van der Waals surface area (Å²) in [5.74, 6) is -4.98. The molecule has 3 N–H and O–H groups in total. The van der Waals surface area contributed by atoms with Crippen molar-refractivity contribution in [2.75, 3.05) is 20.1 Å². The molecule has 1 heterocycles. The molecule has 0 saturated carbocycles. The monoisotopic (exact) mass is 660 g/mol. The molecule has 5 rings (SSSR count). The van der Waals surface area contributed by atoms with E-state index in [4.69, 9.17) is 14.2 Å². The fourth-order valence-electron chi connectivity index (χ4n) is 6.07. The van der Waals surface area contributed by atoms with E-state index in [0.29, 0.717) is 11.8 Å². The largest absolute Gasteiger partial charge is 0.478 e. The summed E-state index contributed by atoms with van der Waals surface area (Å²) in [6.07, 6.45) is -2.56. The summed E-state index contributed by atoms with van der Waals surface area (Å²) in [4.78, 5) is 61.3. The van der Waals surface area contributed by atoms with Gasteiger partial charge in [0.1, 0.15) is 5.75 Å². The fraction of sp³-hybridized carbons (Fsp3) is 0.361. The van der Waals surface area contributed by atoms with Crippen LogP contribution in [0.5, 0.6) is 5.75 Å². The molecule has 1 saturated heterocycles. The number of hydrogen-bond acceptors (Lipinski definition) is 9. The number of amides is 1. The van der Waals surface area contributed by atoms with E-state index < -0.39 is 42.2 Å². The highest BCUT2D eigenvalue weighted by molar-refractivity contribution is 5.95. The molecular formula is C36H40N2O10. The van der Waals surface area contributed by atoms with Gasteiger partial charge in [0.25, 0.3) is 0 Å². The Hall–Kier alpha value is -5.23. The van der Waals surface area contributed by atoms with Crippen LogP contribution in [0.25, 0.3) is 0 Å². The van der Waals surface area contributed by atoms with Crippen LogP contribution >= 0.6 is 0 Å². The molecule has 1 aliphatic heterocycles. The van der Waals surface area contributed by atoms with Crippen molar-refractivity contribution >= 4 is 30.0 Å². The van der Waals surface area contributed by atoms with E-state index in [9.17, 15) is 34.2 Å². The second-order valence-corrected chi connectivity index (χ2v) is 12.0. The third-order valence-corrected chi connectivity index (χ3v) is 8.83. The van der Waals surface area contributed by atoms with Gasteiger partial charge in [0.05, 0.1) is 11.1 Å². The lowest BCUT2D eigenvalue weighted by atomic mass is 9.80. The number of fused-ring (bicyclic) bond motifs is 3. The molecule has 3 aromatic rings. The van der Waals surface area contributed by atoms with Crippen molar-refractivity contribution in [2.24, 2.45) is 0 Å². The number of likely N-dealkylation sites (tertiary alicyclic amines) is 1. The van der Waals surface area contributed by atoms with E-state index in [-0.39, 0.29) is 16.5 Å². The minimum atomic E-state index is -2.22. The minimum absolute atomic E-state index is 0.0332. The molecule has 3 aromatic carbocycles. The van der Waals surface area contributed by atoms with Gasteiger partial charge in [-0.1, -0.05) is 55.3 Å². The van der Waals surface area contributed by atoms with Crippen molar-refractivity contribution in [1.82, 2.24) is 10.2 Å². The van der Waals surface area contributed by atoms with Gasteiger partial charge in [-0.15, -0.1) is 0 Å². The van der Waals surface area contributed by atoms with Crippen molar-refractivity contribution in [3.63, 3.8) is 0 Å². The van der Waals surface area contributed by atoms with Crippen molar-refractivity contribution in [3.8, 4) is 5.75 Å². The Bertz CT molecular complexity index is 1600. The van der Waals surface area contributed by atoms with E-state index in [0.717, 1.165) is 30.6 Å². The summed E-state index contributed by atoms with van der Waals surface area (Å²) in [6.45, 7) is 10.4. The average Bonchev–Trinajstić information content (AvgIpc) is 3.53. The van der Waals surface area contributed by atoms with Gasteiger partial charge in [0, 0.05) is 18.5 Å². The molecular weight excluding hydrogens is 620 g/mol. The molecule has 1 amide bonds. The second-order valence-electron chi connectivity index (χ2n) is 12.0. The first-order valence-corrected chi connectivity index (χ1v) is 15.5. The Morgan fingerprint density at radius 3 is 1.79 bits per heavy atom. The molecule has 2 aliphatic rings. The molecule has 0 spiro atoms. The van der Waals surface area contributed by atoms with Crippen LogP contribution in [0.4, 0.5) is 4.79 Å². The zero-order valence-electron chi connectivity index (χ0n) is 27.5. The number of carbonyl (C=O) groups is 5. The van der Waals surface area contributed by atoms with Crippen LogP contribution < -0.4 is 10.1 Å². The standard InChI is InChI=1S/C20H18O8.C16H22N2O2/c1-11-3-7-13(8-4-11)19(25)27-15(17(21)22)16(18(23)24)28-20(26)14-9-5-12(2)6-10-14;1-4-18-8-7-16(2)13-10-12(20-15(19)17-3)6-5-11(13)9-14(16)18/h3-10,15-16H,1-2H3,(H,21,22)(H,23,24);5-6,10,14H,4,7-9H2,1-3H3,(H,17,19)/t15-,16-;14-,16+/m10/s1. The lowest BCUT2D eigenvalue weighted by Gasteiger charge is -2.29. The Balaban J connectivity index is 0.000000228. The number of carbonyl (C=O) groups excluding carboxylic acids is 3. The van der Waals surface area contributed by atoms with Crippen LogP contribution in [0, 0.1) is 13.8 Å². The SMILES string of the molecule is CCN1CC[C@]2(C)c3cc(OC(=O)NC)ccc3C[C@H]12.Cc1ccc(C(=O)O[C@@H](C(=O)O)[C@@H](OC(=O)c2ccc(C)cc2)C(=O)O)cc1. The highest BCUT2D eigenvalue weighted by Crippen LogP contribution is 2.48. The smallest absolute Gasteiger partial charge is 0.412 e. The fourth-order valence-corrected chi connectivity index (χ4v) is 6.07. The number of aliphatic carboxylic acids is 2. The number of likely N-dealkylation sites (N-methyl/N-ethyl adjacent to an activating group) is 1. The van der Waals surface area contributed by atoms with Crippen molar-refractivity contribution in [2.45, 2.75) is 64.2 Å². The number of aryl methyl sites for hydroxylation is 2. The Kier molecular flexibility index (Phi) is 11.2. The van der Waals surface area contributed by atoms with E-state index in [1.807, 2.05) is 6.07 Å². The number of rotatable bonds is 9. The molecule has 4 atom stereocenters. The molecule has 1 aliphatic carbocycles. The molecule has 254 valence electrons. The Morgan fingerprint density at radius 2 is 1.35 bits per heavy atom. The zero-order valence-corrected chi connectivity index (χ0v) is 27.5. The van der Waals surface area contributed by atoms with E-state index in [1.165, 1.54) is 41.8 Å². The van der Waals surface area contributed by atoms with E-state index in [2.05, 4.69) is 36.2 Å². The molecule has 48 heavy (non-hydrogen) atoms. The predicted octanol–water partition coefficient (Wildman–Crippen LogP) is 4.54. The van der Waals surface area contributed by atoms with Crippen LogP contribution in [0.1, 0.15) is 63.2 Å². The summed E-state index contributed by atoms with van der Waals surface area (Å²) < 4.78 is 14.9. The van der Waals surface area contributed by atoms with Gasteiger partial charge in [0.2, 0.25) is 12.2 Å². The molecule has 0 radical (unpaired) electrons. The quantitative estimate of drug-likeness (QED) is 0.276. The predicted molar refractivity (Wildman–Crippen MR) is 174 cm³/mol. The number of nitrogens with zero attached hydrogens (tertiary/aromatic N) is 1. The molecule has 12 nitrogen and oxygen atoms in total. The Labute approximate surface area is 278 Å². The highest BCUT2D eigenvalue weighted by atomic mass is 16.6. The number of esters is 2. The van der Waals surface area contributed by atoms with Crippen LogP contribution in [-0.4, -0.2) is 83.5 Å². The maximum atomic E-state index is 12.2. The summed E-state index contributed by atoms with van der Waals surface area (Å²) in [7, 11) is 1.57. The lowest BCUT2D eigenvalue weighted by molar-refractivity contribution is -0.166. The summed E-state index contributed by atoms with van der Waals surface area (Å²) in [6, 6.07) is 18.7. The van der Waals surface area contributed by atoms with Crippen LogP contribution in [0.15, 0.2) is 66.7 Å². The second kappa shape index (κ2) is 15.1.